The van der Waals surface area contributed by atoms with Gasteiger partial charge in [-0.3, -0.25) is 19.3 Å². The van der Waals surface area contributed by atoms with Crippen LogP contribution in [0.15, 0.2) is 84.6 Å². The molecular weight excluding hydrogens is 510 g/mol. The first kappa shape index (κ1) is 28.1. The second-order valence-electron chi connectivity index (χ2n) is 9.96. The van der Waals surface area contributed by atoms with Gasteiger partial charge in [-0.1, -0.05) is 85.5 Å². The molecular formula is C32H34ClN3O3. The van der Waals surface area contributed by atoms with Crippen molar-refractivity contribution in [3.63, 3.8) is 0 Å². The number of benzene rings is 3. The molecule has 0 heterocycles. The zero-order valence-electron chi connectivity index (χ0n) is 22.3. The zero-order chi connectivity index (χ0) is 27.8. The molecule has 0 aromatic heterocycles. The van der Waals surface area contributed by atoms with Gasteiger partial charge in [-0.15, -0.1) is 0 Å². The summed E-state index contributed by atoms with van der Waals surface area (Å²) in [6, 6.07) is 22.8. The molecule has 202 valence electrons. The van der Waals surface area contributed by atoms with Crippen LogP contribution < -0.4 is 15.5 Å². The molecule has 3 amide bonds. The Balaban J connectivity index is 1.83. The summed E-state index contributed by atoms with van der Waals surface area (Å²) in [5.41, 5.74) is 2.91. The highest BCUT2D eigenvalue weighted by atomic mass is 35.5. The summed E-state index contributed by atoms with van der Waals surface area (Å²) in [7, 11) is 0. The molecule has 1 fully saturated rings. The summed E-state index contributed by atoms with van der Waals surface area (Å²) < 4.78 is 0. The molecule has 1 atom stereocenters. The average Bonchev–Trinajstić information content (AvgIpc) is 2.93. The van der Waals surface area contributed by atoms with Gasteiger partial charge < -0.3 is 10.6 Å². The molecule has 6 nitrogen and oxygen atoms in total. The lowest BCUT2D eigenvalue weighted by Crippen LogP contribution is -2.49. The maximum absolute atomic E-state index is 14.4. The van der Waals surface area contributed by atoms with E-state index in [1.807, 2.05) is 61.5 Å². The average molecular weight is 544 g/mol. The van der Waals surface area contributed by atoms with Gasteiger partial charge in [-0.25, -0.2) is 0 Å². The first-order valence-electron chi connectivity index (χ1n) is 13.3. The van der Waals surface area contributed by atoms with Crippen molar-refractivity contribution in [1.29, 1.82) is 0 Å². The zero-order valence-corrected chi connectivity index (χ0v) is 23.1. The van der Waals surface area contributed by atoms with Crippen molar-refractivity contribution in [2.45, 2.75) is 58.0 Å². The fourth-order valence-electron chi connectivity index (χ4n) is 4.94. The van der Waals surface area contributed by atoms with Crippen molar-refractivity contribution in [3.8, 4) is 0 Å². The number of carbonyl (C=O) groups is 3. The minimum absolute atomic E-state index is 0.0535. The van der Waals surface area contributed by atoms with Gasteiger partial charge in [0.1, 0.15) is 11.7 Å². The van der Waals surface area contributed by atoms with Gasteiger partial charge in [-0.05, 0) is 66.8 Å². The Kier molecular flexibility index (Phi) is 9.55. The Morgan fingerprint density at radius 1 is 0.923 bits per heavy atom. The minimum atomic E-state index is -0.954. The molecule has 1 aliphatic rings. The van der Waals surface area contributed by atoms with Gasteiger partial charge in [0, 0.05) is 23.7 Å². The van der Waals surface area contributed by atoms with E-state index in [0.717, 1.165) is 37.7 Å². The number of halogens is 1. The summed E-state index contributed by atoms with van der Waals surface area (Å²) in [4.78, 5) is 42.2. The smallest absolute Gasteiger partial charge is 0.275 e. The quantitative estimate of drug-likeness (QED) is 0.325. The van der Waals surface area contributed by atoms with Crippen LogP contribution in [0, 0.1) is 6.92 Å². The second-order valence-corrected chi connectivity index (χ2v) is 10.4. The third-order valence-electron chi connectivity index (χ3n) is 6.79. The van der Waals surface area contributed by atoms with Crippen molar-refractivity contribution in [2.24, 2.45) is 0 Å². The SMILES string of the molecule is CC(=O)N/C(=C\c1ccc(Cl)cc1)C(=O)N(c1cccc(C)c1)C(C(=O)NC1CCCCC1)c1ccccc1. The molecule has 3 aromatic carbocycles. The predicted octanol–water partition coefficient (Wildman–Crippen LogP) is 6.35. The van der Waals surface area contributed by atoms with Gasteiger partial charge >= 0.3 is 0 Å². The first-order chi connectivity index (χ1) is 18.8. The molecule has 4 rings (SSSR count). The molecule has 1 unspecified atom stereocenters. The minimum Gasteiger partial charge on any atom is -0.351 e. The largest absolute Gasteiger partial charge is 0.351 e. The lowest BCUT2D eigenvalue weighted by atomic mass is 9.94. The maximum atomic E-state index is 14.4. The van der Waals surface area contributed by atoms with Crippen LogP contribution in [0.4, 0.5) is 5.69 Å². The lowest BCUT2D eigenvalue weighted by Gasteiger charge is -2.34. The van der Waals surface area contributed by atoms with E-state index in [0.29, 0.717) is 21.8 Å². The van der Waals surface area contributed by atoms with Crippen molar-refractivity contribution in [3.05, 3.63) is 106 Å². The number of hydrogen-bond donors (Lipinski definition) is 2. The number of amides is 3. The van der Waals surface area contributed by atoms with E-state index in [-0.39, 0.29) is 17.6 Å². The summed E-state index contributed by atoms with van der Waals surface area (Å²) in [5, 5.41) is 6.48. The van der Waals surface area contributed by atoms with Crippen molar-refractivity contribution >= 4 is 41.1 Å². The fourth-order valence-corrected chi connectivity index (χ4v) is 5.06. The van der Waals surface area contributed by atoms with Crippen molar-refractivity contribution in [2.75, 3.05) is 4.90 Å². The second kappa shape index (κ2) is 13.3. The number of hydrogen-bond acceptors (Lipinski definition) is 3. The van der Waals surface area contributed by atoms with Gasteiger partial charge in [0.2, 0.25) is 11.8 Å². The van der Waals surface area contributed by atoms with E-state index in [2.05, 4.69) is 10.6 Å². The van der Waals surface area contributed by atoms with E-state index in [1.165, 1.54) is 11.8 Å². The highest BCUT2D eigenvalue weighted by Crippen LogP contribution is 2.31. The summed E-state index contributed by atoms with van der Waals surface area (Å²) in [5.74, 6) is -1.15. The maximum Gasteiger partial charge on any atom is 0.275 e. The number of nitrogens with zero attached hydrogens (tertiary/aromatic N) is 1. The molecule has 1 aliphatic carbocycles. The van der Waals surface area contributed by atoms with Crippen LogP contribution in [-0.2, 0) is 14.4 Å². The highest BCUT2D eigenvalue weighted by molar-refractivity contribution is 6.30. The summed E-state index contributed by atoms with van der Waals surface area (Å²) >= 11 is 6.05. The van der Waals surface area contributed by atoms with E-state index in [1.54, 1.807) is 30.3 Å². The molecule has 3 aromatic rings. The van der Waals surface area contributed by atoms with E-state index in [9.17, 15) is 14.4 Å². The number of aryl methyl sites for hydroxylation is 1. The monoisotopic (exact) mass is 543 g/mol. The van der Waals surface area contributed by atoms with Crippen LogP contribution in [-0.4, -0.2) is 23.8 Å². The molecule has 7 heteroatoms. The predicted molar refractivity (Wildman–Crippen MR) is 156 cm³/mol. The molecule has 0 radical (unpaired) electrons. The number of carbonyl (C=O) groups excluding carboxylic acids is 3. The lowest BCUT2D eigenvalue weighted by molar-refractivity contribution is -0.126. The Morgan fingerprint density at radius 3 is 2.26 bits per heavy atom. The van der Waals surface area contributed by atoms with E-state index in [4.69, 9.17) is 11.6 Å². The Morgan fingerprint density at radius 2 is 1.62 bits per heavy atom. The molecule has 0 aliphatic heterocycles. The van der Waals surface area contributed by atoms with Gasteiger partial charge in [0.25, 0.3) is 5.91 Å². The molecule has 2 N–H and O–H groups in total. The van der Waals surface area contributed by atoms with Crippen LogP contribution in [0.1, 0.15) is 61.8 Å². The van der Waals surface area contributed by atoms with Crippen LogP contribution in [0.3, 0.4) is 0 Å². The highest BCUT2D eigenvalue weighted by Gasteiger charge is 2.35. The van der Waals surface area contributed by atoms with Gasteiger partial charge in [-0.2, -0.15) is 0 Å². The number of rotatable bonds is 8. The first-order valence-corrected chi connectivity index (χ1v) is 13.7. The number of nitrogens with one attached hydrogen (secondary N) is 2. The van der Waals surface area contributed by atoms with Gasteiger partial charge in [0.05, 0.1) is 0 Å². The fraction of sp³-hybridized carbons (Fsp3) is 0.281. The normalized spacial score (nSPS) is 14.8. The number of anilines is 1. The summed E-state index contributed by atoms with van der Waals surface area (Å²) in [6.07, 6.45) is 6.73. The standard InChI is InChI=1S/C32H34ClN3O3/c1-22-10-9-15-28(20-22)36(32(39)29(34-23(2)37)21-24-16-18-26(33)19-17-24)30(25-11-5-3-6-12-25)31(38)35-27-13-7-4-8-14-27/h3,5-6,9-12,15-21,27,30H,4,7-8,13-14H2,1-2H3,(H,34,37)(H,35,38)/b29-21-. The van der Waals surface area contributed by atoms with Crippen molar-refractivity contribution in [1.82, 2.24) is 10.6 Å². The third kappa shape index (κ3) is 7.58. The van der Waals surface area contributed by atoms with Gasteiger partial charge in [0.15, 0.2) is 0 Å². The Bertz CT molecular complexity index is 1330. The van der Waals surface area contributed by atoms with Crippen LogP contribution in [0.5, 0.6) is 0 Å². The van der Waals surface area contributed by atoms with Crippen LogP contribution >= 0.6 is 11.6 Å². The molecule has 0 spiro atoms. The molecule has 1 saturated carbocycles. The molecule has 39 heavy (non-hydrogen) atoms. The van der Waals surface area contributed by atoms with E-state index >= 15 is 0 Å². The van der Waals surface area contributed by atoms with E-state index < -0.39 is 17.9 Å². The third-order valence-corrected chi connectivity index (χ3v) is 7.05. The van der Waals surface area contributed by atoms with Crippen molar-refractivity contribution < 1.29 is 14.4 Å². The Labute approximate surface area is 235 Å². The summed E-state index contributed by atoms with van der Waals surface area (Å²) in [6.45, 7) is 3.29. The van der Waals surface area contributed by atoms with Crippen LogP contribution in [0.2, 0.25) is 5.02 Å². The molecule has 0 bridgehead atoms. The topological polar surface area (TPSA) is 78.5 Å². The Hall–Kier alpha value is -3.90. The molecule has 0 saturated heterocycles. The van der Waals surface area contributed by atoms with Crippen LogP contribution in [0.25, 0.3) is 6.08 Å².